The minimum absolute atomic E-state index is 0.249. The van der Waals surface area contributed by atoms with Crippen molar-refractivity contribution in [1.29, 1.82) is 0 Å². The number of fused-ring (bicyclic) bond motifs is 1. The number of hydrogen-bond donors (Lipinski definition) is 3. The maximum Gasteiger partial charge on any atom is 0.489 e. The summed E-state index contributed by atoms with van der Waals surface area (Å²) in [4.78, 5) is 0. The summed E-state index contributed by atoms with van der Waals surface area (Å²) < 4.78 is 58.2. The molecule has 126 valence electrons. The van der Waals surface area contributed by atoms with E-state index in [1.54, 1.807) is 12.1 Å². The van der Waals surface area contributed by atoms with Gasteiger partial charge in [-0.05, 0) is 34.8 Å². The SMILES string of the molecule is C=S1(=O)Nc2ccc(-c3ccc(C(F)(F)F)c(B(O)O)c3)cc2O1. The van der Waals surface area contributed by atoms with Crippen LogP contribution in [0.1, 0.15) is 5.56 Å². The molecule has 2 aromatic carbocycles. The average Bonchev–Trinajstić information content (AvgIpc) is 2.78. The van der Waals surface area contributed by atoms with Crippen LogP contribution in [-0.2, 0) is 16.2 Å². The number of halogens is 3. The summed E-state index contributed by atoms with van der Waals surface area (Å²) in [5.41, 5.74) is -0.544. The highest BCUT2D eigenvalue weighted by molar-refractivity contribution is 7.97. The van der Waals surface area contributed by atoms with E-state index < -0.39 is 34.3 Å². The number of benzene rings is 2. The number of alkyl halides is 3. The van der Waals surface area contributed by atoms with Gasteiger partial charge >= 0.3 is 13.3 Å². The van der Waals surface area contributed by atoms with Crippen molar-refractivity contribution >= 4 is 34.1 Å². The lowest BCUT2D eigenvalue weighted by Gasteiger charge is -2.14. The van der Waals surface area contributed by atoms with Crippen LogP contribution in [0, 0.1) is 0 Å². The van der Waals surface area contributed by atoms with E-state index in [1.807, 2.05) is 0 Å². The molecule has 0 fully saturated rings. The van der Waals surface area contributed by atoms with Crippen LogP contribution in [0.4, 0.5) is 18.9 Å². The lowest BCUT2D eigenvalue weighted by Crippen LogP contribution is -2.36. The lowest BCUT2D eigenvalue weighted by molar-refractivity contribution is -0.136. The molecule has 0 saturated heterocycles. The second-order valence-corrected chi connectivity index (χ2v) is 6.78. The summed E-state index contributed by atoms with van der Waals surface area (Å²) in [6.07, 6.45) is -4.71. The third kappa shape index (κ3) is 3.08. The molecular weight excluding hydrogens is 346 g/mol. The van der Waals surface area contributed by atoms with Gasteiger partial charge in [0.15, 0.2) is 5.75 Å². The fourth-order valence-corrected chi connectivity index (χ4v) is 3.38. The third-order valence-corrected chi connectivity index (χ3v) is 4.42. The van der Waals surface area contributed by atoms with Gasteiger partial charge in [0.2, 0.25) is 9.99 Å². The monoisotopic (exact) mass is 357 g/mol. The molecular formula is C14H11BF3NO4S. The minimum Gasteiger partial charge on any atom is -0.423 e. The van der Waals surface area contributed by atoms with E-state index in [0.717, 1.165) is 12.1 Å². The second kappa shape index (κ2) is 5.44. The zero-order chi connectivity index (χ0) is 17.7. The maximum absolute atomic E-state index is 12.9. The van der Waals surface area contributed by atoms with Crippen LogP contribution in [0.15, 0.2) is 36.4 Å². The number of nitrogens with one attached hydrogen (secondary N) is 1. The van der Waals surface area contributed by atoms with E-state index in [4.69, 9.17) is 4.18 Å². The van der Waals surface area contributed by atoms with Gasteiger partial charge in [0.1, 0.15) is 0 Å². The number of rotatable bonds is 2. The average molecular weight is 357 g/mol. The van der Waals surface area contributed by atoms with E-state index in [2.05, 4.69) is 10.6 Å². The second-order valence-electron chi connectivity index (χ2n) is 5.18. The first-order valence-corrected chi connectivity index (χ1v) is 8.28. The molecule has 3 N–H and O–H groups in total. The van der Waals surface area contributed by atoms with Gasteiger partial charge in [0.25, 0.3) is 0 Å². The standard InChI is InChI=1S/C14H11BF3NO4S/c1-24(22)19-12-5-3-9(7-13(12)23-24)8-2-4-10(14(16,17)18)11(6-8)15(20)21/h2-7,20-21H,1H2,(H,19,22). The third-order valence-electron chi connectivity index (χ3n) is 3.44. The van der Waals surface area contributed by atoms with Gasteiger partial charge in [0.05, 0.1) is 11.3 Å². The molecule has 0 aromatic heterocycles. The molecule has 24 heavy (non-hydrogen) atoms. The number of hydrogen-bond acceptors (Lipinski definition) is 4. The Morgan fingerprint density at radius 3 is 2.38 bits per heavy atom. The van der Waals surface area contributed by atoms with E-state index in [-0.39, 0.29) is 5.75 Å². The highest BCUT2D eigenvalue weighted by Gasteiger charge is 2.36. The summed E-state index contributed by atoms with van der Waals surface area (Å²) in [6.45, 7) is 0. The minimum atomic E-state index is -4.71. The van der Waals surface area contributed by atoms with Crippen molar-refractivity contribution in [3.05, 3.63) is 42.0 Å². The Balaban J connectivity index is 2.07. The van der Waals surface area contributed by atoms with Crippen molar-refractivity contribution in [3.63, 3.8) is 0 Å². The van der Waals surface area contributed by atoms with Crippen molar-refractivity contribution in [2.24, 2.45) is 0 Å². The molecule has 1 unspecified atom stereocenters. The molecule has 1 heterocycles. The van der Waals surface area contributed by atoms with Crippen molar-refractivity contribution in [3.8, 4) is 16.9 Å². The van der Waals surface area contributed by atoms with Crippen molar-refractivity contribution in [2.45, 2.75) is 6.18 Å². The van der Waals surface area contributed by atoms with Gasteiger partial charge in [-0.15, -0.1) is 0 Å². The zero-order valence-electron chi connectivity index (χ0n) is 12.0. The molecule has 0 aliphatic carbocycles. The Bertz CT molecular complexity index is 913. The molecule has 1 aliphatic heterocycles. The molecule has 1 aliphatic rings. The van der Waals surface area contributed by atoms with Crippen LogP contribution in [-0.4, -0.2) is 27.2 Å². The Hall–Kier alpha value is -2.17. The summed E-state index contributed by atoms with van der Waals surface area (Å²) in [5, 5.41) is 18.5. The van der Waals surface area contributed by atoms with Gasteiger partial charge in [-0.3, -0.25) is 4.72 Å². The van der Waals surface area contributed by atoms with E-state index in [9.17, 15) is 27.4 Å². The molecule has 2 aromatic rings. The summed E-state index contributed by atoms with van der Waals surface area (Å²) in [7, 11) is -5.20. The van der Waals surface area contributed by atoms with E-state index in [1.165, 1.54) is 12.1 Å². The van der Waals surface area contributed by atoms with Crippen molar-refractivity contribution in [1.82, 2.24) is 0 Å². The Labute approximate surface area is 136 Å². The lowest BCUT2D eigenvalue weighted by atomic mass is 9.75. The van der Waals surface area contributed by atoms with Crippen LogP contribution >= 0.6 is 0 Å². The van der Waals surface area contributed by atoms with Crippen LogP contribution in [0.25, 0.3) is 11.1 Å². The predicted octanol–water partition coefficient (Wildman–Crippen LogP) is 1.40. The fraction of sp³-hybridized carbons (Fsp3) is 0.0714. The molecule has 0 radical (unpaired) electrons. The number of anilines is 1. The van der Waals surface area contributed by atoms with Gasteiger partial charge < -0.3 is 14.2 Å². The highest BCUT2D eigenvalue weighted by Crippen LogP contribution is 2.37. The topological polar surface area (TPSA) is 78.8 Å². The molecule has 1 atom stereocenters. The molecule has 10 heteroatoms. The van der Waals surface area contributed by atoms with Crippen LogP contribution in [0.3, 0.4) is 0 Å². The van der Waals surface area contributed by atoms with Crippen molar-refractivity contribution < 1.29 is 31.6 Å². The summed E-state index contributed by atoms with van der Waals surface area (Å²) >= 11 is 0. The zero-order valence-corrected chi connectivity index (χ0v) is 12.8. The first-order chi connectivity index (χ1) is 11.1. The van der Waals surface area contributed by atoms with E-state index in [0.29, 0.717) is 16.8 Å². The molecule has 5 nitrogen and oxygen atoms in total. The molecule has 3 rings (SSSR count). The Kier molecular flexibility index (Phi) is 3.78. The fourth-order valence-electron chi connectivity index (χ4n) is 2.40. The highest BCUT2D eigenvalue weighted by atomic mass is 32.2. The summed E-state index contributed by atoms with van der Waals surface area (Å²) in [5.74, 6) is 3.61. The summed E-state index contributed by atoms with van der Waals surface area (Å²) in [6, 6.07) is 7.64. The van der Waals surface area contributed by atoms with Crippen LogP contribution in [0.5, 0.6) is 5.75 Å². The van der Waals surface area contributed by atoms with Gasteiger partial charge in [-0.25, -0.2) is 4.21 Å². The smallest absolute Gasteiger partial charge is 0.423 e. The molecule has 0 spiro atoms. The van der Waals surface area contributed by atoms with Crippen LogP contribution in [0.2, 0.25) is 0 Å². The normalized spacial score (nSPS) is 19.4. The quantitative estimate of drug-likeness (QED) is 0.561. The Morgan fingerprint density at radius 2 is 1.75 bits per heavy atom. The molecule has 0 saturated carbocycles. The first kappa shape index (κ1) is 16.7. The van der Waals surface area contributed by atoms with E-state index >= 15 is 0 Å². The predicted molar refractivity (Wildman–Crippen MR) is 86.2 cm³/mol. The van der Waals surface area contributed by atoms with Crippen LogP contribution < -0.4 is 14.4 Å². The largest absolute Gasteiger partial charge is 0.489 e. The molecule has 0 amide bonds. The Morgan fingerprint density at radius 1 is 1.12 bits per heavy atom. The van der Waals surface area contributed by atoms with Gasteiger partial charge in [0, 0.05) is 5.87 Å². The van der Waals surface area contributed by atoms with Crippen molar-refractivity contribution in [2.75, 3.05) is 4.72 Å². The molecule has 0 bridgehead atoms. The first-order valence-electron chi connectivity index (χ1n) is 6.63. The van der Waals surface area contributed by atoms with Gasteiger partial charge in [-0.2, -0.15) is 13.2 Å². The maximum atomic E-state index is 12.9. The van der Waals surface area contributed by atoms with Gasteiger partial charge in [-0.1, -0.05) is 18.2 Å².